The zero-order chi connectivity index (χ0) is 41.5. The first kappa shape index (κ1) is 41.2. The van der Waals surface area contributed by atoms with Gasteiger partial charge in [-0.1, -0.05) is 33.6 Å². The number of fused-ring (bicyclic) bond motifs is 2. The van der Waals surface area contributed by atoms with Crippen LogP contribution >= 0.6 is 27.5 Å². The molecule has 0 radical (unpaired) electrons. The van der Waals surface area contributed by atoms with Gasteiger partial charge < -0.3 is 35.6 Å². The number of amides is 6. The topological polar surface area (TPSA) is 211 Å². The number of anilines is 3. The summed E-state index contributed by atoms with van der Waals surface area (Å²) < 4.78 is 13.6. The molecule has 17 nitrogen and oxygen atoms in total. The maximum Gasteiger partial charge on any atom is 0.323 e. The fraction of sp³-hybridized carbons (Fsp3) is 0.300. The van der Waals surface area contributed by atoms with Crippen LogP contribution in [0.1, 0.15) is 46.3 Å². The Labute approximate surface area is 351 Å². The van der Waals surface area contributed by atoms with Crippen LogP contribution in [0.15, 0.2) is 71.7 Å². The first-order valence-electron chi connectivity index (χ1n) is 18.8. The molecule has 59 heavy (non-hydrogen) atoms. The first-order valence-corrected chi connectivity index (χ1v) is 20.0. The zero-order valence-corrected chi connectivity index (χ0v) is 34.2. The van der Waals surface area contributed by atoms with Crippen LogP contribution < -0.4 is 26.6 Å². The van der Waals surface area contributed by atoms with E-state index in [4.69, 9.17) is 21.1 Å². The molecule has 19 heteroatoms. The average Bonchev–Trinajstić information content (AvgIpc) is 3.82. The van der Waals surface area contributed by atoms with Crippen molar-refractivity contribution in [2.45, 2.75) is 45.3 Å². The number of urea groups is 1. The molecule has 1 atom stereocenters. The largest absolute Gasteiger partial charge is 0.382 e. The Kier molecular flexibility index (Phi) is 13.1. The van der Waals surface area contributed by atoms with Gasteiger partial charge in [-0.25, -0.2) is 14.5 Å². The van der Waals surface area contributed by atoms with Crippen LogP contribution in [-0.4, -0.2) is 93.3 Å². The van der Waals surface area contributed by atoms with Crippen LogP contribution in [0.2, 0.25) is 5.02 Å². The van der Waals surface area contributed by atoms with E-state index in [0.29, 0.717) is 55.5 Å². The number of ether oxygens (including phenoxy) is 2. The summed E-state index contributed by atoms with van der Waals surface area (Å²) in [5.74, 6) is -0.838. The monoisotopic (exact) mass is 886 g/mol. The molecule has 0 spiro atoms. The fourth-order valence-corrected chi connectivity index (χ4v) is 7.34. The van der Waals surface area contributed by atoms with E-state index >= 15 is 0 Å². The second-order valence-corrected chi connectivity index (χ2v) is 15.1. The number of nitrogens with one attached hydrogen (secondary N) is 5. The smallest absolute Gasteiger partial charge is 0.323 e. The van der Waals surface area contributed by atoms with Gasteiger partial charge in [0, 0.05) is 70.9 Å². The summed E-state index contributed by atoms with van der Waals surface area (Å²) in [7, 11) is 0. The van der Waals surface area contributed by atoms with Crippen molar-refractivity contribution < 1.29 is 33.4 Å². The number of halogens is 2. The standard InChI is InChI=1S/C40H40BrClN10O7/c1-23-28-15-25(41)5-6-32(28)44-20-33(23)49-40(57)48-26-16-30(42)37(46-19-26)52-21-24(18-47-52)17-45-35(53)9-11-58-13-14-59-12-10-43-31-4-2-3-27-29(31)22-51(39(27)56)34-7-8-36(54)50-38(34)55/h2-6,15-16,18-21,34,43H,7-14,17,22H2,1H3,(H,45,53)(H2,48,49,57)(H,50,54,55). The van der Waals surface area contributed by atoms with Gasteiger partial charge in [-0.05, 0) is 55.3 Å². The van der Waals surface area contributed by atoms with Crippen molar-refractivity contribution in [3.05, 3.63) is 99.0 Å². The van der Waals surface area contributed by atoms with Crippen LogP contribution in [0.25, 0.3) is 16.7 Å². The average molecular weight is 888 g/mol. The highest BCUT2D eigenvalue weighted by Crippen LogP contribution is 2.32. The SMILES string of the molecule is Cc1c(NC(=O)Nc2cnc(-n3cc(CNC(=O)CCOCCOCCNc4cccc5c4CN(C4CCC(=O)NC4=O)C5=O)cn3)c(Cl)c2)cnc2ccc(Br)cc12. The number of aryl methyl sites for hydroxylation is 1. The van der Waals surface area contributed by atoms with E-state index in [1.165, 1.54) is 15.8 Å². The molecule has 306 valence electrons. The molecular weight excluding hydrogens is 848 g/mol. The third-order valence-electron chi connectivity index (χ3n) is 9.76. The van der Waals surface area contributed by atoms with Crippen LogP contribution in [-0.2, 0) is 36.9 Å². The minimum absolute atomic E-state index is 0.160. The van der Waals surface area contributed by atoms with Crippen molar-refractivity contribution >= 4 is 85.2 Å². The lowest BCUT2D eigenvalue weighted by Crippen LogP contribution is -2.52. The predicted molar refractivity (Wildman–Crippen MR) is 222 cm³/mol. The number of carbonyl (C=O) groups excluding carboxylic acids is 5. The van der Waals surface area contributed by atoms with Gasteiger partial charge in [0.15, 0.2) is 5.82 Å². The molecule has 7 rings (SSSR count). The molecule has 1 unspecified atom stereocenters. The Morgan fingerprint density at radius 3 is 2.63 bits per heavy atom. The predicted octanol–water partition coefficient (Wildman–Crippen LogP) is 5.10. The summed E-state index contributed by atoms with van der Waals surface area (Å²) in [6.07, 6.45) is 7.04. The molecule has 1 fully saturated rings. The van der Waals surface area contributed by atoms with Crippen LogP contribution in [0.4, 0.5) is 21.9 Å². The first-order chi connectivity index (χ1) is 28.5. The fourth-order valence-electron chi connectivity index (χ4n) is 6.73. The van der Waals surface area contributed by atoms with E-state index in [-0.39, 0.29) is 55.3 Å². The molecule has 6 amide bonds. The number of piperidine rings is 1. The molecular formula is C40H40BrClN10O7. The van der Waals surface area contributed by atoms with Gasteiger partial charge in [0.1, 0.15) is 6.04 Å². The lowest BCUT2D eigenvalue weighted by atomic mass is 10.0. The maximum absolute atomic E-state index is 13.0. The zero-order valence-electron chi connectivity index (χ0n) is 31.8. The number of pyridine rings is 2. The molecule has 0 aliphatic carbocycles. The van der Waals surface area contributed by atoms with E-state index in [1.54, 1.807) is 36.8 Å². The van der Waals surface area contributed by atoms with Crippen molar-refractivity contribution in [1.82, 2.24) is 35.3 Å². The number of hydrogen-bond donors (Lipinski definition) is 5. The number of hydrogen-bond acceptors (Lipinski definition) is 11. The Morgan fingerprint density at radius 1 is 0.983 bits per heavy atom. The minimum Gasteiger partial charge on any atom is -0.382 e. The van der Waals surface area contributed by atoms with Gasteiger partial charge >= 0.3 is 6.03 Å². The maximum atomic E-state index is 13.0. The Morgan fingerprint density at radius 2 is 1.81 bits per heavy atom. The summed E-state index contributed by atoms with van der Waals surface area (Å²) in [6, 6.07) is 11.6. The molecule has 5 N–H and O–H groups in total. The van der Waals surface area contributed by atoms with Gasteiger partial charge in [-0.2, -0.15) is 5.10 Å². The molecule has 2 aromatic carbocycles. The number of imide groups is 1. The van der Waals surface area contributed by atoms with Gasteiger partial charge in [0.05, 0.1) is 66.9 Å². The molecule has 0 saturated carbocycles. The third-order valence-corrected chi connectivity index (χ3v) is 10.5. The lowest BCUT2D eigenvalue weighted by molar-refractivity contribution is -0.137. The Bertz CT molecular complexity index is 2430. The summed E-state index contributed by atoms with van der Waals surface area (Å²) in [6.45, 7) is 4.15. The van der Waals surface area contributed by atoms with E-state index in [0.717, 1.165) is 37.8 Å². The van der Waals surface area contributed by atoms with Crippen molar-refractivity contribution in [3.63, 3.8) is 0 Å². The third kappa shape index (κ3) is 10.0. The summed E-state index contributed by atoms with van der Waals surface area (Å²) >= 11 is 9.99. The number of aromatic nitrogens is 4. The molecule has 5 heterocycles. The highest BCUT2D eigenvalue weighted by Gasteiger charge is 2.39. The van der Waals surface area contributed by atoms with Crippen LogP contribution in [0.3, 0.4) is 0 Å². The van der Waals surface area contributed by atoms with Crippen LogP contribution in [0.5, 0.6) is 0 Å². The van der Waals surface area contributed by atoms with Gasteiger partial charge in [0.25, 0.3) is 5.91 Å². The van der Waals surface area contributed by atoms with E-state index in [2.05, 4.69) is 57.6 Å². The summed E-state index contributed by atoms with van der Waals surface area (Å²) in [5, 5.41) is 19.5. The van der Waals surface area contributed by atoms with Gasteiger partial charge in [0.2, 0.25) is 17.7 Å². The molecule has 0 bridgehead atoms. The molecule has 2 aliphatic heterocycles. The van der Waals surface area contributed by atoms with Crippen molar-refractivity contribution in [1.29, 1.82) is 0 Å². The highest BCUT2D eigenvalue weighted by atomic mass is 79.9. The van der Waals surface area contributed by atoms with Gasteiger partial charge in [-0.15, -0.1) is 0 Å². The van der Waals surface area contributed by atoms with E-state index in [9.17, 15) is 24.0 Å². The number of rotatable bonds is 16. The normalized spacial score (nSPS) is 14.9. The van der Waals surface area contributed by atoms with Gasteiger partial charge in [-0.3, -0.25) is 29.5 Å². The second kappa shape index (κ2) is 18.8. The second-order valence-electron chi connectivity index (χ2n) is 13.8. The summed E-state index contributed by atoms with van der Waals surface area (Å²) in [5.41, 5.74) is 5.50. The highest BCUT2D eigenvalue weighted by molar-refractivity contribution is 9.10. The van der Waals surface area contributed by atoms with E-state index in [1.807, 2.05) is 31.2 Å². The van der Waals surface area contributed by atoms with Crippen molar-refractivity contribution in [2.24, 2.45) is 0 Å². The number of benzene rings is 2. The van der Waals surface area contributed by atoms with E-state index < -0.39 is 18.0 Å². The number of carbonyl (C=O) groups is 5. The molecule has 5 aromatic rings. The lowest BCUT2D eigenvalue weighted by Gasteiger charge is -2.29. The molecule has 3 aromatic heterocycles. The Balaban J connectivity index is 0.769. The Hall–Kier alpha value is -5.95. The summed E-state index contributed by atoms with van der Waals surface area (Å²) in [4.78, 5) is 72.5. The van der Waals surface area contributed by atoms with Crippen LogP contribution in [0, 0.1) is 6.92 Å². The van der Waals surface area contributed by atoms with Crippen molar-refractivity contribution in [2.75, 3.05) is 48.9 Å². The number of nitrogens with zero attached hydrogens (tertiary/aromatic N) is 5. The molecule has 2 aliphatic rings. The minimum atomic E-state index is -0.670. The van der Waals surface area contributed by atoms with Crippen molar-refractivity contribution in [3.8, 4) is 5.82 Å². The molecule has 1 saturated heterocycles. The quantitative estimate of drug-likeness (QED) is 0.0651.